The molecule has 0 spiro atoms. The molecule has 0 aliphatic carbocycles. The Morgan fingerprint density at radius 1 is 1.22 bits per heavy atom. The topological polar surface area (TPSA) is 75.2 Å². The van der Waals surface area contributed by atoms with Crippen LogP contribution in [0, 0.1) is 6.92 Å². The molecule has 2 amide bonds. The predicted octanol–water partition coefficient (Wildman–Crippen LogP) is 4.58. The van der Waals surface area contributed by atoms with Gasteiger partial charge >= 0.3 is 0 Å². The Morgan fingerprint density at radius 2 is 1.97 bits per heavy atom. The molecule has 4 heterocycles. The monoisotopic (exact) mass is 500 g/mol. The number of aromatic nitrogens is 2. The molecule has 3 aliphatic heterocycles. The number of carbonyl (C=O) groups excluding carboxylic acids is 2. The van der Waals surface area contributed by atoms with Gasteiger partial charge in [0.05, 0.1) is 21.7 Å². The molecule has 0 radical (unpaired) electrons. The third-order valence-corrected chi connectivity index (χ3v) is 8.89. The number of benzene rings is 1. The summed E-state index contributed by atoms with van der Waals surface area (Å²) in [5, 5.41) is 11.9. The first-order valence-corrected chi connectivity index (χ1v) is 13.2. The van der Waals surface area contributed by atoms with E-state index in [1.54, 1.807) is 23.1 Å². The number of anilines is 1. The van der Waals surface area contributed by atoms with E-state index in [1.165, 1.54) is 11.8 Å². The molecule has 1 N–H and O–H groups in total. The van der Waals surface area contributed by atoms with Crippen molar-refractivity contribution < 1.29 is 9.59 Å². The number of nitrogens with one attached hydrogen (secondary N) is 1. The van der Waals surface area contributed by atoms with E-state index in [2.05, 4.69) is 40.6 Å². The first kappa shape index (κ1) is 21.8. The molecule has 164 valence electrons. The summed E-state index contributed by atoms with van der Waals surface area (Å²) in [5.41, 5.74) is 4.95. The number of nitrogens with zero attached hydrogens (tertiary/aromatic N) is 3. The van der Waals surface area contributed by atoms with Crippen molar-refractivity contribution in [1.82, 2.24) is 15.5 Å². The SMILES string of the molecule is CCc1cc2c3c(c1)/C(=C1/SC(=S)NC1=O)C(=O)N3C(C)(C)C=C2CSc1nnc(C)s1. The minimum Gasteiger partial charge on any atom is -0.307 e. The zero-order chi connectivity index (χ0) is 22.8. The van der Waals surface area contributed by atoms with Gasteiger partial charge in [-0.25, -0.2) is 0 Å². The first-order chi connectivity index (χ1) is 15.2. The van der Waals surface area contributed by atoms with Crippen LogP contribution in [0.25, 0.3) is 11.1 Å². The fourth-order valence-corrected chi connectivity index (χ4v) is 7.24. The molecule has 32 heavy (non-hydrogen) atoms. The molecule has 0 saturated carbocycles. The van der Waals surface area contributed by atoms with Crippen molar-refractivity contribution >= 4 is 80.0 Å². The van der Waals surface area contributed by atoms with E-state index in [-0.39, 0.29) is 11.8 Å². The smallest absolute Gasteiger partial charge is 0.264 e. The van der Waals surface area contributed by atoms with Crippen LogP contribution in [0.15, 0.2) is 27.5 Å². The summed E-state index contributed by atoms with van der Waals surface area (Å²) in [4.78, 5) is 28.5. The van der Waals surface area contributed by atoms with Gasteiger partial charge in [-0.15, -0.1) is 10.2 Å². The van der Waals surface area contributed by atoms with Crippen LogP contribution < -0.4 is 10.2 Å². The second kappa shape index (κ2) is 7.79. The summed E-state index contributed by atoms with van der Waals surface area (Å²) >= 11 is 9.59. The number of rotatable bonds is 4. The fraction of sp³-hybridized carbons (Fsp3) is 0.318. The van der Waals surface area contributed by atoms with Crippen molar-refractivity contribution in [3.8, 4) is 0 Å². The average molecular weight is 501 g/mol. The van der Waals surface area contributed by atoms with Crippen LogP contribution >= 0.6 is 47.1 Å². The zero-order valence-electron chi connectivity index (χ0n) is 17.9. The van der Waals surface area contributed by atoms with Crippen LogP contribution in [0.1, 0.15) is 42.5 Å². The van der Waals surface area contributed by atoms with Crippen LogP contribution in [0.5, 0.6) is 0 Å². The van der Waals surface area contributed by atoms with Gasteiger partial charge in [0.25, 0.3) is 11.8 Å². The van der Waals surface area contributed by atoms with Gasteiger partial charge in [-0.2, -0.15) is 0 Å². The summed E-state index contributed by atoms with van der Waals surface area (Å²) < 4.78 is 1.31. The summed E-state index contributed by atoms with van der Waals surface area (Å²) in [6.45, 7) is 8.11. The molecule has 3 aliphatic rings. The van der Waals surface area contributed by atoms with Crippen LogP contribution in [-0.2, 0) is 16.0 Å². The Bertz CT molecular complexity index is 1270. The van der Waals surface area contributed by atoms with Crippen molar-refractivity contribution in [3.63, 3.8) is 0 Å². The normalized spacial score (nSPS) is 21.2. The van der Waals surface area contributed by atoms with Gasteiger partial charge in [-0.3, -0.25) is 14.5 Å². The molecule has 2 aromatic rings. The lowest BCUT2D eigenvalue weighted by atomic mass is 9.87. The number of aryl methyl sites for hydroxylation is 2. The predicted molar refractivity (Wildman–Crippen MR) is 136 cm³/mol. The minimum absolute atomic E-state index is 0.149. The highest BCUT2D eigenvalue weighted by atomic mass is 32.2. The van der Waals surface area contributed by atoms with Crippen LogP contribution in [0.4, 0.5) is 5.69 Å². The Hall–Kier alpha value is -2.01. The number of hydrogen-bond donors (Lipinski definition) is 1. The Morgan fingerprint density at radius 3 is 2.59 bits per heavy atom. The Balaban J connectivity index is 1.67. The molecule has 0 bridgehead atoms. The molecule has 1 saturated heterocycles. The highest BCUT2D eigenvalue weighted by Crippen LogP contribution is 2.52. The van der Waals surface area contributed by atoms with Crippen LogP contribution in [0.3, 0.4) is 0 Å². The van der Waals surface area contributed by atoms with E-state index in [0.717, 1.165) is 49.5 Å². The maximum atomic E-state index is 13.7. The molecule has 10 heteroatoms. The van der Waals surface area contributed by atoms with E-state index in [1.807, 2.05) is 25.7 Å². The summed E-state index contributed by atoms with van der Waals surface area (Å²) in [6, 6.07) is 4.22. The largest absolute Gasteiger partial charge is 0.307 e. The number of carbonyl (C=O) groups is 2. The molecule has 5 rings (SSSR count). The lowest BCUT2D eigenvalue weighted by molar-refractivity contribution is -0.116. The van der Waals surface area contributed by atoms with Gasteiger partial charge in [0, 0.05) is 16.9 Å². The van der Waals surface area contributed by atoms with E-state index in [9.17, 15) is 9.59 Å². The lowest BCUT2D eigenvalue weighted by Gasteiger charge is -2.39. The van der Waals surface area contributed by atoms with E-state index >= 15 is 0 Å². The third-order valence-electron chi connectivity index (χ3n) is 5.64. The fourth-order valence-electron chi connectivity index (χ4n) is 4.32. The average Bonchev–Trinajstić information content (AvgIpc) is 3.38. The van der Waals surface area contributed by atoms with Crippen LogP contribution in [-0.4, -0.2) is 37.6 Å². The van der Waals surface area contributed by atoms with E-state index < -0.39 is 5.54 Å². The number of thiocarbonyl (C=S) groups is 1. The summed E-state index contributed by atoms with van der Waals surface area (Å²) in [6.07, 6.45) is 2.99. The summed E-state index contributed by atoms with van der Waals surface area (Å²) in [7, 11) is 0. The second-order valence-electron chi connectivity index (χ2n) is 8.28. The van der Waals surface area contributed by atoms with Gasteiger partial charge < -0.3 is 5.32 Å². The van der Waals surface area contributed by atoms with Crippen LogP contribution in [0.2, 0.25) is 0 Å². The van der Waals surface area contributed by atoms with Gasteiger partial charge in [0.2, 0.25) is 0 Å². The Kier molecular flexibility index (Phi) is 5.31. The lowest BCUT2D eigenvalue weighted by Crippen LogP contribution is -2.46. The number of hydrogen-bond acceptors (Lipinski definition) is 8. The van der Waals surface area contributed by atoms with Crippen molar-refractivity contribution in [2.24, 2.45) is 0 Å². The molecule has 0 atom stereocenters. The Labute approximate surface area is 203 Å². The van der Waals surface area contributed by atoms with Crippen molar-refractivity contribution in [2.75, 3.05) is 10.7 Å². The second-order valence-corrected chi connectivity index (χ2v) is 12.4. The van der Waals surface area contributed by atoms with Crippen molar-refractivity contribution in [2.45, 2.75) is 44.0 Å². The maximum absolute atomic E-state index is 13.7. The molecular weight excluding hydrogens is 481 g/mol. The maximum Gasteiger partial charge on any atom is 0.264 e. The molecule has 1 fully saturated rings. The summed E-state index contributed by atoms with van der Waals surface area (Å²) in [5.74, 6) is 0.280. The number of amides is 2. The van der Waals surface area contributed by atoms with E-state index in [0.29, 0.717) is 14.8 Å². The van der Waals surface area contributed by atoms with Crippen molar-refractivity contribution in [1.29, 1.82) is 0 Å². The zero-order valence-corrected chi connectivity index (χ0v) is 21.2. The highest BCUT2D eigenvalue weighted by Gasteiger charge is 2.47. The van der Waals surface area contributed by atoms with Gasteiger partial charge in [0.15, 0.2) is 4.34 Å². The third kappa shape index (κ3) is 3.44. The molecule has 6 nitrogen and oxygen atoms in total. The molecule has 1 aromatic carbocycles. The standard InChI is InChI=1S/C22H20N4O2S4/c1-5-11-6-13-12(9-30-21-25-24-10(2)31-21)8-22(3,4)26-16(13)14(7-11)15(19(26)28)17-18(27)23-20(29)32-17/h6-8H,5,9H2,1-4H3,(H,23,27,29)/b17-15-. The van der Waals surface area contributed by atoms with Gasteiger partial charge in [0.1, 0.15) is 9.33 Å². The highest BCUT2D eigenvalue weighted by molar-refractivity contribution is 8.27. The quantitative estimate of drug-likeness (QED) is 0.374. The minimum atomic E-state index is -0.540. The van der Waals surface area contributed by atoms with Crippen molar-refractivity contribution in [3.05, 3.63) is 44.8 Å². The number of thioether (sulfide) groups is 2. The van der Waals surface area contributed by atoms with Gasteiger partial charge in [-0.05, 0) is 50.5 Å². The molecular formula is C22H20N4O2S4. The first-order valence-electron chi connectivity index (χ1n) is 10.1. The van der Waals surface area contributed by atoms with E-state index in [4.69, 9.17) is 12.2 Å². The molecule has 1 aromatic heterocycles. The molecule has 0 unspecified atom stereocenters. The van der Waals surface area contributed by atoms with Gasteiger partial charge in [-0.1, -0.05) is 60.1 Å².